The van der Waals surface area contributed by atoms with Crippen LogP contribution in [0.25, 0.3) is 33.6 Å². The number of alkyl halides is 3. The largest absolute Gasteiger partial charge is 0.597 e. The first-order valence-electron chi connectivity index (χ1n) is 19.4. The Morgan fingerprint density at radius 3 is 2.09 bits per heavy atom. The summed E-state index contributed by atoms with van der Waals surface area (Å²) in [6, 6.07) is 39.0. The quantitative estimate of drug-likeness (QED) is 0.103. The molecule has 7 rings (SSSR count). The van der Waals surface area contributed by atoms with Gasteiger partial charge in [0, 0.05) is 40.0 Å². The van der Waals surface area contributed by atoms with E-state index in [0.717, 1.165) is 32.5 Å². The second kappa shape index (κ2) is 16.1. The topological polar surface area (TPSA) is 90.7 Å². The fourth-order valence-electron chi connectivity index (χ4n) is 7.98. The Kier molecular flexibility index (Phi) is 11.5. The Labute approximate surface area is 342 Å². The Morgan fingerprint density at radius 1 is 0.862 bits per heavy atom. The molecule has 302 valence electrons. The summed E-state index contributed by atoms with van der Waals surface area (Å²) >= 11 is -1.53. The Morgan fingerprint density at radius 2 is 1.48 bits per heavy atom. The Balaban J connectivity index is 1.35. The van der Waals surface area contributed by atoms with Gasteiger partial charge in [-0.15, -0.1) is 4.31 Å². The van der Waals surface area contributed by atoms with Gasteiger partial charge in [0.1, 0.15) is 28.3 Å². The fourth-order valence-corrected chi connectivity index (χ4v) is 14.0. The number of amides is 1. The average Bonchev–Trinajstić information content (AvgIpc) is 3.79. The van der Waals surface area contributed by atoms with Crippen molar-refractivity contribution >= 4 is 46.9 Å². The monoisotopic (exact) mass is 823 g/mol. The summed E-state index contributed by atoms with van der Waals surface area (Å²) in [5.74, 6) is -0.318. The van der Waals surface area contributed by atoms with Crippen molar-refractivity contribution in [1.82, 2.24) is 14.6 Å². The maximum absolute atomic E-state index is 14.5. The van der Waals surface area contributed by atoms with E-state index in [0.29, 0.717) is 35.6 Å². The van der Waals surface area contributed by atoms with Crippen LogP contribution in [0.2, 0.25) is 5.04 Å². The molecule has 1 aliphatic rings. The van der Waals surface area contributed by atoms with Gasteiger partial charge in [0.25, 0.3) is 14.2 Å². The lowest BCUT2D eigenvalue weighted by atomic mass is 9.95. The van der Waals surface area contributed by atoms with E-state index in [1.165, 1.54) is 0 Å². The van der Waals surface area contributed by atoms with Crippen molar-refractivity contribution in [1.29, 1.82) is 0 Å². The minimum absolute atomic E-state index is 0.155. The molecule has 0 spiro atoms. The summed E-state index contributed by atoms with van der Waals surface area (Å²) < 4.78 is 69.1. The highest BCUT2D eigenvalue weighted by Crippen LogP contribution is 2.46. The summed E-state index contributed by atoms with van der Waals surface area (Å²) in [4.78, 5) is 18.2. The summed E-state index contributed by atoms with van der Waals surface area (Å²) in [7, 11) is -2.95. The van der Waals surface area contributed by atoms with Crippen LogP contribution in [-0.4, -0.2) is 52.1 Å². The molecule has 6 aromatic rings. The lowest BCUT2D eigenvalue weighted by Gasteiger charge is -2.43. The number of para-hydroxylation sites is 1. The van der Waals surface area contributed by atoms with Crippen LogP contribution in [0.4, 0.5) is 13.2 Å². The van der Waals surface area contributed by atoms with Gasteiger partial charge in [0.05, 0.1) is 18.3 Å². The smallest absolute Gasteiger partial charge is 0.405 e. The van der Waals surface area contributed by atoms with Gasteiger partial charge in [-0.25, -0.2) is 4.98 Å². The number of pyridine rings is 1. The maximum Gasteiger partial charge on any atom is 0.405 e. The molecule has 58 heavy (non-hydrogen) atoms. The molecule has 1 aliphatic heterocycles. The highest BCUT2D eigenvalue weighted by Gasteiger charge is 2.51. The third-order valence-electron chi connectivity index (χ3n) is 10.5. The minimum Gasteiger partial charge on any atom is -0.597 e. The van der Waals surface area contributed by atoms with Gasteiger partial charge in [-0.2, -0.15) is 13.2 Å². The van der Waals surface area contributed by atoms with Gasteiger partial charge < -0.3 is 18.7 Å². The lowest BCUT2D eigenvalue weighted by Crippen LogP contribution is -2.66. The van der Waals surface area contributed by atoms with E-state index in [9.17, 15) is 22.5 Å². The zero-order chi connectivity index (χ0) is 41.5. The van der Waals surface area contributed by atoms with Crippen molar-refractivity contribution in [2.45, 2.75) is 76.5 Å². The van der Waals surface area contributed by atoms with Crippen LogP contribution in [-0.2, 0) is 22.3 Å². The van der Waals surface area contributed by atoms with E-state index in [1.807, 2.05) is 121 Å². The number of hydrogen-bond donors (Lipinski definition) is 1. The van der Waals surface area contributed by atoms with Crippen LogP contribution >= 0.6 is 0 Å². The molecule has 1 amide bonds. The third kappa shape index (κ3) is 8.39. The van der Waals surface area contributed by atoms with Gasteiger partial charge >= 0.3 is 6.18 Å². The summed E-state index contributed by atoms with van der Waals surface area (Å²) in [5, 5.41) is 4.92. The number of aromatic nitrogens is 1. The Bertz CT molecular complexity index is 2320. The highest BCUT2D eigenvalue weighted by molar-refractivity contribution is 7.90. The normalized spacial score (nSPS) is 15.7. The predicted molar refractivity (Wildman–Crippen MR) is 228 cm³/mol. The molecule has 0 radical (unpaired) electrons. The molecule has 1 N–H and O–H groups in total. The molecule has 0 aliphatic carbocycles. The van der Waals surface area contributed by atoms with Crippen molar-refractivity contribution in [3.8, 4) is 22.6 Å². The lowest BCUT2D eigenvalue weighted by molar-refractivity contribution is -0.123. The van der Waals surface area contributed by atoms with Crippen LogP contribution in [0.15, 0.2) is 126 Å². The number of carbonyl (C=O) groups is 1. The molecule has 12 heteroatoms. The van der Waals surface area contributed by atoms with Crippen molar-refractivity contribution in [2.24, 2.45) is 0 Å². The molecular formula is C46H48F3N3O4SSi. The predicted octanol–water partition coefficient (Wildman–Crippen LogP) is 9.74. The van der Waals surface area contributed by atoms with E-state index in [4.69, 9.17) is 13.8 Å². The second-order valence-electron chi connectivity index (χ2n) is 16.7. The van der Waals surface area contributed by atoms with Crippen LogP contribution in [0.1, 0.15) is 75.6 Å². The molecular weight excluding hydrogens is 776 g/mol. The van der Waals surface area contributed by atoms with E-state index < -0.39 is 49.1 Å². The van der Waals surface area contributed by atoms with Gasteiger partial charge in [0.2, 0.25) is 0 Å². The van der Waals surface area contributed by atoms with E-state index in [1.54, 1.807) is 6.07 Å². The number of halogens is 3. The standard InChI is InChI=1S/C46H48F3N3O4SSi/c1-44(2,3)57(54)52-29-34-27-37(43(53)50-30-46(47,48)49)51-42(33-18-15-17-31(26-33)40-28-32-16-13-14-23-39(32)56-40)41(34)38(52)24-25-55-58(45(4,5)6,35-19-9-7-10-20-35)36-21-11-8-12-22-36/h7-23,26-28,38H,24-25,29-30H2,1-6H3,(H,50,53)/t38?,57-/m1/s1. The molecule has 2 aromatic heterocycles. The molecule has 0 fully saturated rings. The van der Waals surface area contributed by atoms with E-state index in [-0.39, 0.29) is 17.3 Å². The number of furan rings is 1. The molecule has 4 aromatic carbocycles. The number of nitrogens with zero attached hydrogens (tertiary/aromatic N) is 2. The third-order valence-corrected chi connectivity index (χ3v) is 17.4. The number of rotatable bonds is 11. The number of nitrogens with one attached hydrogen (secondary N) is 1. The first-order chi connectivity index (χ1) is 27.5. The van der Waals surface area contributed by atoms with Gasteiger partial charge in [-0.3, -0.25) is 4.79 Å². The molecule has 3 heterocycles. The number of hydrogen-bond acceptors (Lipinski definition) is 6. The summed E-state index contributed by atoms with van der Waals surface area (Å²) in [5.41, 5.74) is 3.83. The first kappa shape index (κ1) is 41.4. The fraction of sp³-hybridized carbons (Fsp3) is 0.304. The average molecular weight is 824 g/mol. The van der Waals surface area contributed by atoms with Gasteiger partial charge in [-0.1, -0.05) is 118 Å². The molecule has 0 saturated heterocycles. The zero-order valence-corrected chi connectivity index (χ0v) is 35.3. The van der Waals surface area contributed by atoms with Gasteiger partial charge in [0.15, 0.2) is 0 Å². The molecule has 7 nitrogen and oxygen atoms in total. The van der Waals surface area contributed by atoms with Gasteiger partial charge in [-0.05, 0) is 72.4 Å². The first-order valence-corrected chi connectivity index (χ1v) is 22.4. The minimum atomic E-state index is -4.60. The highest BCUT2D eigenvalue weighted by atomic mass is 32.2. The van der Waals surface area contributed by atoms with Crippen LogP contribution in [0, 0.1) is 0 Å². The number of benzene rings is 4. The van der Waals surface area contributed by atoms with Crippen LogP contribution < -0.4 is 15.7 Å². The summed E-state index contributed by atoms with van der Waals surface area (Å²) in [6.07, 6.45) is -4.18. The maximum atomic E-state index is 14.5. The van der Waals surface area contributed by atoms with Crippen molar-refractivity contribution in [2.75, 3.05) is 13.2 Å². The van der Waals surface area contributed by atoms with Crippen molar-refractivity contribution < 1.29 is 31.4 Å². The summed E-state index contributed by atoms with van der Waals surface area (Å²) in [6.45, 7) is 11.4. The van der Waals surface area contributed by atoms with Crippen molar-refractivity contribution in [3.63, 3.8) is 0 Å². The number of carbonyl (C=O) groups excluding carboxylic acids is 1. The molecule has 1 unspecified atom stereocenters. The zero-order valence-electron chi connectivity index (χ0n) is 33.5. The van der Waals surface area contributed by atoms with Crippen LogP contribution in [0.3, 0.4) is 0 Å². The van der Waals surface area contributed by atoms with Crippen molar-refractivity contribution in [3.05, 3.63) is 138 Å². The van der Waals surface area contributed by atoms with E-state index >= 15 is 0 Å². The van der Waals surface area contributed by atoms with E-state index in [2.05, 4.69) is 45.0 Å². The SMILES string of the molecule is CC(C)(C)[S@@+]([O-])N1Cc2cc(C(=O)NCC(F)(F)F)nc(-c3cccc(-c4cc5ccccc5o4)c3)c2C1CCO[Si](c1ccccc1)(c1ccccc1)C(C)(C)C. The number of fused-ring (bicyclic) bond motifs is 2. The molecule has 2 atom stereocenters. The van der Waals surface area contributed by atoms with Crippen LogP contribution in [0.5, 0.6) is 0 Å². The Hall–Kier alpha value is -4.72. The molecule has 0 bridgehead atoms. The molecule has 0 saturated carbocycles. The second-order valence-corrected chi connectivity index (χ2v) is 23.2.